The van der Waals surface area contributed by atoms with Gasteiger partial charge in [-0.25, -0.2) is 0 Å². The van der Waals surface area contributed by atoms with E-state index in [1.165, 1.54) is 5.56 Å². The molecule has 1 rings (SSSR count). The molecule has 0 aliphatic carbocycles. The fraction of sp³-hybridized carbons (Fsp3) is 0.500. The van der Waals surface area contributed by atoms with E-state index in [0.29, 0.717) is 11.2 Å². The lowest BCUT2D eigenvalue weighted by atomic mass is 10.1. The number of alkyl halides is 1. The fourth-order valence-corrected chi connectivity index (χ4v) is 1.89. The lowest BCUT2D eigenvalue weighted by Crippen LogP contribution is -2.26. The number of aryl methyl sites for hydroxylation is 1. The van der Waals surface area contributed by atoms with Gasteiger partial charge in [0.2, 0.25) is 5.91 Å². The zero-order chi connectivity index (χ0) is 12.7. The van der Waals surface area contributed by atoms with Gasteiger partial charge in [0, 0.05) is 11.4 Å². The van der Waals surface area contributed by atoms with Gasteiger partial charge < -0.3 is 5.32 Å². The number of nitrogens with one attached hydrogen (secondary N) is 1. The minimum absolute atomic E-state index is 0.107. The first kappa shape index (κ1) is 14.2. The summed E-state index contributed by atoms with van der Waals surface area (Å²) in [5, 5.41) is 2.94. The maximum Gasteiger partial charge on any atom is 0.224 e. The van der Waals surface area contributed by atoms with Crippen LogP contribution in [0.2, 0.25) is 0 Å². The van der Waals surface area contributed by atoms with Gasteiger partial charge in [-0.1, -0.05) is 52.7 Å². The maximum absolute atomic E-state index is 11.6. The summed E-state index contributed by atoms with van der Waals surface area (Å²) in [6, 6.07) is 8.09. The molecule has 0 saturated carbocycles. The van der Waals surface area contributed by atoms with Gasteiger partial charge in [0.25, 0.3) is 0 Å². The Morgan fingerprint density at radius 1 is 1.35 bits per heavy atom. The highest BCUT2D eigenvalue weighted by atomic mass is 79.9. The van der Waals surface area contributed by atoms with Gasteiger partial charge in [0.1, 0.15) is 0 Å². The molecular weight excluding hydrogens is 278 g/mol. The van der Waals surface area contributed by atoms with Gasteiger partial charge in [-0.3, -0.25) is 4.79 Å². The number of carbonyl (C=O) groups excluding carboxylic acids is 1. The minimum Gasteiger partial charge on any atom is -0.356 e. The third kappa shape index (κ3) is 6.47. The monoisotopic (exact) mass is 297 g/mol. The number of halogens is 1. The Hall–Kier alpha value is -0.830. The summed E-state index contributed by atoms with van der Waals surface area (Å²) in [6.45, 7) is 4.93. The lowest BCUT2D eigenvalue weighted by Gasteiger charge is -2.06. The van der Waals surface area contributed by atoms with E-state index in [1.807, 2.05) is 31.2 Å². The average molecular weight is 298 g/mol. The average Bonchev–Trinajstić information content (AvgIpc) is 2.27. The summed E-state index contributed by atoms with van der Waals surface area (Å²) in [5.41, 5.74) is 2.29. The Bertz CT molecular complexity index is 346. The van der Waals surface area contributed by atoms with Gasteiger partial charge in [-0.2, -0.15) is 0 Å². The van der Waals surface area contributed by atoms with Crippen molar-refractivity contribution >= 4 is 21.8 Å². The molecule has 0 aliphatic heterocycles. The lowest BCUT2D eigenvalue weighted by molar-refractivity contribution is -0.120. The zero-order valence-corrected chi connectivity index (χ0v) is 12.1. The molecule has 0 aliphatic rings. The molecule has 0 radical (unpaired) electrons. The van der Waals surface area contributed by atoms with Crippen LogP contribution in [0.3, 0.4) is 0 Å². The van der Waals surface area contributed by atoms with E-state index in [2.05, 4.69) is 28.2 Å². The molecule has 0 aromatic heterocycles. The molecule has 1 aromatic rings. The first-order valence-electron chi connectivity index (χ1n) is 6.04. The van der Waals surface area contributed by atoms with Gasteiger partial charge in [-0.15, -0.1) is 0 Å². The molecule has 1 unspecified atom stereocenters. The molecule has 0 fully saturated rings. The predicted octanol–water partition coefficient (Wildman–Crippen LogP) is 3.22. The first-order valence-corrected chi connectivity index (χ1v) is 6.96. The fourth-order valence-electron chi connectivity index (χ4n) is 1.56. The summed E-state index contributed by atoms with van der Waals surface area (Å²) in [7, 11) is 0. The van der Waals surface area contributed by atoms with Crippen molar-refractivity contribution in [2.45, 2.75) is 37.9 Å². The molecule has 0 spiro atoms. The van der Waals surface area contributed by atoms with E-state index in [-0.39, 0.29) is 5.91 Å². The van der Waals surface area contributed by atoms with Crippen molar-refractivity contribution in [3.05, 3.63) is 35.4 Å². The molecule has 94 valence electrons. The van der Waals surface area contributed by atoms with Crippen LogP contribution in [0.1, 0.15) is 30.9 Å². The zero-order valence-electron chi connectivity index (χ0n) is 10.5. The predicted molar refractivity (Wildman–Crippen MR) is 75.5 cm³/mol. The van der Waals surface area contributed by atoms with E-state index in [9.17, 15) is 4.79 Å². The normalized spacial score (nSPS) is 12.2. The second-order valence-corrected chi connectivity index (χ2v) is 6.00. The van der Waals surface area contributed by atoms with Crippen molar-refractivity contribution in [1.82, 2.24) is 5.32 Å². The summed E-state index contributed by atoms with van der Waals surface area (Å²) < 4.78 is 0. The molecular formula is C14H20BrNO. The van der Waals surface area contributed by atoms with Crippen LogP contribution < -0.4 is 5.32 Å². The van der Waals surface area contributed by atoms with Crippen molar-refractivity contribution in [3.63, 3.8) is 0 Å². The Morgan fingerprint density at radius 3 is 2.59 bits per heavy atom. The molecule has 17 heavy (non-hydrogen) atoms. The molecule has 3 heteroatoms. The Balaban J connectivity index is 2.23. The largest absolute Gasteiger partial charge is 0.356 e. The van der Waals surface area contributed by atoms with Gasteiger partial charge >= 0.3 is 0 Å². The summed E-state index contributed by atoms with van der Waals surface area (Å²) in [5.74, 6) is 0.107. The van der Waals surface area contributed by atoms with Crippen LogP contribution in [0.4, 0.5) is 0 Å². The van der Waals surface area contributed by atoms with Crippen molar-refractivity contribution in [1.29, 1.82) is 0 Å². The van der Waals surface area contributed by atoms with Crippen molar-refractivity contribution < 1.29 is 4.79 Å². The Kier molecular flexibility index (Phi) is 6.27. The highest BCUT2D eigenvalue weighted by Crippen LogP contribution is 2.06. The Labute approximate surface area is 112 Å². The molecule has 0 saturated heterocycles. The number of amides is 1. The third-order valence-electron chi connectivity index (χ3n) is 2.59. The van der Waals surface area contributed by atoms with Gasteiger partial charge in [-0.05, 0) is 25.3 Å². The number of benzene rings is 1. The van der Waals surface area contributed by atoms with Gasteiger partial charge in [0.05, 0.1) is 6.42 Å². The van der Waals surface area contributed by atoms with Crippen LogP contribution in [0.25, 0.3) is 0 Å². The maximum atomic E-state index is 11.6. The van der Waals surface area contributed by atoms with Crippen molar-refractivity contribution in [3.8, 4) is 0 Å². The van der Waals surface area contributed by atoms with Crippen LogP contribution in [0, 0.1) is 6.92 Å². The summed E-state index contributed by atoms with van der Waals surface area (Å²) in [4.78, 5) is 12.1. The van der Waals surface area contributed by atoms with E-state index in [0.717, 1.165) is 24.9 Å². The van der Waals surface area contributed by atoms with Crippen LogP contribution in [0.5, 0.6) is 0 Å². The van der Waals surface area contributed by atoms with E-state index < -0.39 is 0 Å². The highest BCUT2D eigenvalue weighted by molar-refractivity contribution is 9.09. The van der Waals surface area contributed by atoms with Crippen LogP contribution >= 0.6 is 15.9 Å². The van der Waals surface area contributed by atoms with Crippen LogP contribution in [-0.4, -0.2) is 17.3 Å². The number of hydrogen-bond donors (Lipinski definition) is 1. The number of carbonyl (C=O) groups is 1. The highest BCUT2D eigenvalue weighted by Gasteiger charge is 2.03. The van der Waals surface area contributed by atoms with Crippen molar-refractivity contribution in [2.75, 3.05) is 6.54 Å². The standard InChI is InChI=1S/C14H20BrNO/c1-11-5-7-13(8-6-11)10-14(17)16-9-3-4-12(2)15/h5-8,12H,3-4,9-10H2,1-2H3,(H,16,17). The van der Waals surface area contributed by atoms with Crippen LogP contribution in [-0.2, 0) is 11.2 Å². The van der Waals surface area contributed by atoms with Crippen molar-refractivity contribution in [2.24, 2.45) is 0 Å². The molecule has 2 nitrogen and oxygen atoms in total. The minimum atomic E-state index is 0.107. The SMILES string of the molecule is Cc1ccc(CC(=O)NCCCC(C)Br)cc1. The second kappa shape index (κ2) is 7.49. The number of rotatable bonds is 6. The second-order valence-electron chi connectivity index (χ2n) is 4.44. The Morgan fingerprint density at radius 2 is 2.00 bits per heavy atom. The van der Waals surface area contributed by atoms with E-state index in [1.54, 1.807) is 0 Å². The molecule has 1 N–H and O–H groups in total. The number of hydrogen-bond acceptors (Lipinski definition) is 1. The molecule has 0 heterocycles. The molecule has 1 atom stereocenters. The van der Waals surface area contributed by atoms with E-state index >= 15 is 0 Å². The summed E-state index contributed by atoms with van der Waals surface area (Å²) >= 11 is 3.49. The molecule has 0 bridgehead atoms. The summed E-state index contributed by atoms with van der Waals surface area (Å²) in [6.07, 6.45) is 2.58. The third-order valence-corrected chi connectivity index (χ3v) is 3.04. The smallest absolute Gasteiger partial charge is 0.224 e. The first-order chi connectivity index (χ1) is 8.08. The molecule has 1 aromatic carbocycles. The topological polar surface area (TPSA) is 29.1 Å². The van der Waals surface area contributed by atoms with Crippen LogP contribution in [0.15, 0.2) is 24.3 Å². The van der Waals surface area contributed by atoms with E-state index in [4.69, 9.17) is 0 Å². The quantitative estimate of drug-likeness (QED) is 0.634. The van der Waals surface area contributed by atoms with Gasteiger partial charge in [0.15, 0.2) is 0 Å². The molecule has 1 amide bonds.